The molecule has 0 aliphatic heterocycles. The molecule has 2 heteroatoms. The Morgan fingerprint density at radius 1 is 1.31 bits per heavy atom. The lowest BCUT2D eigenvalue weighted by atomic mass is 10.1. The van der Waals surface area contributed by atoms with Crippen molar-refractivity contribution in [3.8, 4) is 0 Å². The molecule has 2 unspecified atom stereocenters. The summed E-state index contributed by atoms with van der Waals surface area (Å²) in [7, 11) is 0. The second-order valence-corrected chi connectivity index (χ2v) is 3.45. The van der Waals surface area contributed by atoms with Crippen molar-refractivity contribution in [1.82, 2.24) is 0 Å². The monoisotopic (exact) mass is 182 g/mol. The maximum absolute atomic E-state index is 9.67. The lowest BCUT2D eigenvalue weighted by Crippen LogP contribution is -2.25. The summed E-state index contributed by atoms with van der Waals surface area (Å²) in [6.45, 7) is 1.89. The molecular formula is C11H18O2. The van der Waals surface area contributed by atoms with E-state index < -0.39 is 0 Å². The van der Waals surface area contributed by atoms with E-state index in [9.17, 15) is 5.11 Å². The fourth-order valence-corrected chi connectivity index (χ4v) is 1.61. The Labute approximate surface area is 79.9 Å². The van der Waals surface area contributed by atoms with Gasteiger partial charge in [-0.25, -0.2) is 0 Å². The highest BCUT2D eigenvalue weighted by molar-refractivity contribution is 4.79. The molecule has 2 nitrogen and oxygen atoms in total. The lowest BCUT2D eigenvalue weighted by Gasteiger charge is -2.18. The van der Waals surface area contributed by atoms with Crippen molar-refractivity contribution < 1.29 is 9.84 Å². The Kier molecular flexibility index (Phi) is 4.66. The Morgan fingerprint density at radius 2 is 2.08 bits per heavy atom. The van der Waals surface area contributed by atoms with Crippen LogP contribution in [-0.4, -0.2) is 17.3 Å². The van der Waals surface area contributed by atoms with E-state index in [-0.39, 0.29) is 12.2 Å². The maximum Gasteiger partial charge on any atom is 0.125 e. The summed E-state index contributed by atoms with van der Waals surface area (Å²) in [5.74, 6) is 0. The van der Waals surface area contributed by atoms with Gasteiger partial charge in [-0.3, -0.25) is 0 Å². The van der Waals surface area contributed by atoms with E-state index in [1.165, 1.54) is 6.42 Å². The molecule has 1 N–H and O–H groups in total. The first kappa shape index (κ1) is 10.4. The predicted molar refractivity (Wildman–Crippen MR) is 52.3 cm³/mol. The molecule has 0 saturated heterocycles. The van der Waals surface area contributed by atoms with E-state index in [1.807, 2.05) is 6.92 Å². The van der Waals surface area contributed by atoms with E-state index in [0.717, 1.165) is 25.7 Å². The highest BCUT2D eigenvalue weighted by Crippen LogP contribution is 2.20. The van der Waals surface area contributed by atoms with Crippen LogP contribution in [0.5, 0.6) is 0 Å². The molecule has 1 rings (SSSR count). The van der Waals surface area contributed by atoms with Gasteiger partial charge < -0.3 is 9.84 Å². The van der Waals surface area contributed by atoms with Gasteiger partial charge in [-0.15, -0.1) is 0 Å². The van der Waals surface area contributed by atoms with E-state index in [4.69, 9.17) is 4.74 Å². The number of hydrogen-bond donors (Lipinski definition) is 1. The maximum atomic E-state index is 9.67. The number of ether oxygens (including phenoxy) is 1. The zero-order valence-electron chi connectivity index (χ0n) is 8.20. The van der Waals surface area contributed by atoms with Gasteiger partial charge in [0.1, 0.15) is 12.4 Å². The number of rotatable bonds is 2. The van der Waals surface area contributed by atoms with E-state index in [0.29, 0.717) is 0 Å². The van der Waals surface area contributed by atoms with Crippen LogP contribution in [0.25, 0.3) is 0 Å². The fourth-order valence-electron chi connectivity index (χ4n) is 1.61. The lowest BCUT2D eigenvalue weighted by molar-refractivity contribution is 0.00546. The highest BCUT2D eigenvalue weighted by atomic mass is 16.5. The first-order valence-electron chi connectivity index (χ1n) is 5.03. The number of hydrogen-bond acceptors (Lipinski definition) is 2. The van der Waals surface area contributed by atoms with Crippen LogP contribution in [-0.2, 0) is 4.74 Å². The van der Waals surface area contributed by atoms with Crippen LogP contribution in [0.15, 0.2) is 18.1 Å². The average molecular weight is 182 g/mol. The predicted octanol–water partition coefficient (Wildman–Crippen LogP) is 2.39. The van der Waals surface area contributed by atoms with Gasteiger partial charge in [-0.2, -0.15) is 0 Å². The quantitative estimate of drug-likeness (QED) is 0.403. The Morgan fingerprint density at radius 3 is 2.85 bits per heavy atom. The highest BCUT2D eigenvalue weighted by Gasteiger charge is 2.21. The van der Waals surface area contributed by atoms with Crippen molar-refractivity contribution in [2.75, 3.05) is 0 Å². The van der Waals surface area contributed by atoms with Gasteiger partial charge in [0.05, 0.1) is 6.10 Å². The molecule has 0 aromatic heterocycles. The van der Waals surface area contributed by atoms with Gasteiger partial charge in [0.25, 0.3) is 0 Å². The zero-order chi connectivity index (χ0) is 9.52. The molecule has 2 atom stereocenters. The van der Waals surface area contributed by atoms with Gasteiger partial charge in [-0.1, -0.05) is 18.6 Å². The van der Waals surface area contributed by atoms with Gasteiger partial charge in [0, 0.05) is 0 Å². The molecule has 1 fully saturated rings. The first-order chi connectivity index (χ1) is 6.34. The van der Waals surface area contributed by atoms with Crippen molar-refractivity contribution >= 4 is 0 Å². The van der Waals surface area contributed by atoms with Crippen LogP contribution in [0.3, 0.4) is 0 Å². The standard InChI is InChI=1S/C11H18O2/c1-2-3-9-13-11-8-6-4-5-7-10(11)12/h2,9-12H,4-8H2,1H3. The third-order valence-electron chi connectivity index (χ3n) is 2.40. The topological polar surface area (TPSA) is 29.5 Å². The van der Waals surface area contributed by atoms with E-state index in [2.05, 4.69) is 5.73 Å². The molecule has 0 radical (unpaired) electrons. The molecule has 1 aliphatic rings. The third-order valence-corrected chi connectivity index (χ3v) is 2.40. The smallest absolute Gasteiger partial charge is 0.125 e. The molecule has 0 aromatic carbocycles. The van der Waals surface area contributed by atoms with Crippen LogP contribution in [0, 0.1) is 0 Å². The summed E-state index contributed by atoms with van der Waals surface area (Å²) in [5, 5.41) is 9.67. The molecule has 1 aliphatic carbocycles. The molecule has 0 bridgehead atoms. The van der Waals surface area contributed by atoms with Crippen LogP contribution < -0.4 is 0 Å². The minimum atomic E-state index is -0.294. The molecule has 0 heterocycles. The van der Waals surface area contributed by atoms with E-state index in [1.54, 1.807) is 12.3 Å². The molecular weight excluding hydrogens is 164 g/mol. The summed E-state index contributed by atoms with van der Waals surface area (Å²) in [4.78, 5) is 0. The molecule has 1 saturated carbocycles. The second kappa shape index (κ2) is 5.85. The van der Waals surface area contributed by atoms with Crippen molar-refractivity contribution in [3.05, 3.63) is 18.1 Å². The molecule has 0 spiro atoms. The van der Waals surface area contributed by atoms with Crippen LogP contribution in [0.2, 0.25) is 0 Å². The number of aliphatic hydroxyl groups excluding tert-OH is 1. The Balaban J connectivity index is 2.40. The Bertz CT molecular complexity index is 192. The third kappa shape index (κ3) is 3.67. The van der Waals surface area contributed by atoms with Gasteiger partial charge in [0.15, 0.2) is 0 Å². The second-order valence-electron chi connectivity index (χ2n) is 3.45. The SMILES string of the molecule is CC=C=COC1CCCCCC1O. The van der Waals surface area contributed by atoms with E-state index >= 15 is 0 Å². The summed E-state index contributed by atoms with van der Waals surface area (Å²) in [6, 6.07) is 0. The van der Waals surface area contributed by atoms with Crippen LogP contribution in [0.4, 0.5) is 0 Å². The van der Waals surface area contributed by atoms with Crippen molar-refractivity contribution in [2.24, 2.45) is 0 Å². The van der Waals surface area contributed by atoms with Crippen LogP contribution in [0.1, 0.15) is 39.0 Å². The minimum absolute atomic E-state index is 0.0186. The fraction of sp³-hybridized carbons (Fsp3) is 0.727. The summed E-state index contributed by atoms with van der Waals surface area (Å²) >= 11 is 0. The minimum Gasteiger partial charge on any atom is -0.487 e. The molecule has 0 amide bonds. The number of allylic oxidation sites excluding steroid dienone is 1. The summed E-state index contributed by atoms with van der Waals surface area (Å²) in [5.41, 5.74) is 2.85. The molecule has 13 heavy (non-hydrogen) atoms. The van der Waals surface area contributed by atoms with Crippen molar-refractivity contribution in [1.29, 1.82) is 0 Å². The molecule has 0 aromatic rings. The van der Waals surface area contributed by atoms with Crippen LogP contribution >= 0.6 is 0 Å². The van der Waals surface area contributed by atoms with Gasteiger partial charge >= 0.3 is 0 Å². The normalized spacial score (nSPS) is 28.5. The van der Waals surface area contributed by atoms with Gasteiger partial charge in [0.2, 0.25) is 0 Å². The largest absolute Gasteiger partial charge is 0.487 e. The number of aliphatic hydroxyl groups is 1. The first-order valence-corrected chi connectivity index (χ1v) is 5.03. The summed E-state index contributed by atoms with van der Waals surface area (Å²) < 4.78 is 5.40. The van der Waals surface area contributed by atoms with Gasteiger partial charge in [-0.05, 0) is 32.3 Å². The zero-order valence-corrected chi connectivity index (χ0v) is 8.20. The van der Waals surface area contributed by atoms with Crippen molar-refractivity contribution in [3.63, 3.8) is 0 Å². The Hall–Kier alpha value is -0.720. The molecule has 74 valence electrons. The average Bonchev–Trinajstić information content (AvgIpc) is 2.32. The summed E-state index contributed by atoms with van der Waals surface area (Å²) in [6.07, 6.45) is 8.36. The van der Waals surface area contributed by atoms with Crippen molar-refractivity contribution in [2.45, 2.75) is 51.2 Å².